The van der Waals surface area contributed by atoms with Crippen molar-refractivity contribution in [3.05, 3.63) is 41.1 Å². The first kappa shape index (κ1) is 15.0. The smallest absolute Gasteiger partial charge is 0.0725 e. The van der Waals surface area contributed by atoms with E-state index < -0.39 is 5.97 Å². The molecule has 0 bridgehead atoms. The van der Waals surface area contributed by atoms with Gasteiger partial charge in [-0.3, -0.25) is 4.98 Å². The van der Waals surface area contributed by atoms with Gasteiger partial charge in [-0.1, -0.05) is 45.4 Å². The minimum atomic E-state index is -1.08. The number of fused-ring (bicyclic) bond motifs is 2. The predicted molar refractivity (Wildman–Crippen MR) is 85.7 cm³/mol. The quantitative estimate of drug-likeness (QED) is 0.874. The number of rotatable bonds is 3. The molecule has 116 valence electrons. The summed E-state index contributed by atoms with van der Waals surface area (Å²) in [5.41, 5.74) is 3.18. The van der Waals surface area contributed by atoms with Gasteiger partial charge in [0.1, 0.15) is 0 Å². The first-order valence-corrected chi connectivity index (χ1v) is 8.06. The van der Waals surface area contributed by atoms with Crippen molar-refractivity contribution in [2.45, 2.75) is 46.5 Å². The summed E-state index contributed by atoms with van der Waals surface area (Å²) in [6.07, 6.45) is 3.81. The van der Waals surface area contributed by atoms with Crippen molar-refractivity contribution in [2.24, 2.45) is 11.3 Å². The van der Waals surface area contributed by atoms with Crippen LogP contribution in [0.1, 0.15) is 55.2 Å². The molecule has 0 N–H and O–H groups in total. The number of benzene rings is 1. The van der Waals surface area contributed by atoms with Crippen molar-refractivity contribution < 1.29 is 9.90 Å². The van der Waals surface area contributed by atoms with Gasteiger partial charge >= 0.3 is 0 Å². The summed E-state index contributed by atoms with van der Waals surface area (Å²) in [6.45, 7) is 6.75. The molecule has 1 heterocycles. The first-order chi connectivity index (χ1) is 10.4. The van der Waals surface area contributed by atoms with Crippen LogP contribution in [0.25, 0.3) is 10.9 Å². The van der Waals surface area contributed by atoms with Crippen LogP contribution in [0.5, 0.6) is 0 Å². The van der Waals surface area contributed by atoms with E-state index in [1.165, 1.54) is 0 Å². The number of hydrogen-bond donors (Lipinski definition) is 0. The van der Waals surface area contributed by atoms with Gasteiger partial charge in [0.2, 0.25) is 0 Å². The Balaban J connectivity index is 2.17. The van der Waals surface area contributed by atoms with E-state index in [0.717, 1.165) is 42.5 Å². The second-order valence-corrected chi connectivity index (χ2v) is 7.00. The highest BCUT2D eigenvalue weighted by Crippen LogP contribution is 2.41. The zero-order chi connectivity index (χ0) is 15.9. The number of pyridine rings is 1. The van der Waals surface area contributed by atoms with Crippen LogP contribution in [0.3, 0.4) is 0 Å². The molecule has 1 aliphatic carbocycles. The Morgan fingerprint density at radius 2 is 2.09 bits per heavy atom. The van der Waals surface area contributed by atoms with Crippen LogP contribution in [0.15, 0.2) is 24.3 Å². The van der Waals surface area contributed by atoms with Gasteiger partial charge in [-0.2, -0.15) is 0 Å². The predicted octanol–water partition coefficient (Wildman–Crippen LogP) is 3.14. The highest BCUT2D eigenvalue weighted by molar-refractivity contribution is 6.03. The summed E-state index contributed by atoms with van der Waals surface area (Å²) in [5, 5.41) is 12.5. The lowest BCUT2D eigenvalue weighted by molar-refractivity contribution is -0.254. The third kappa shape index (κ3) is 2.39. The number of carboxylic acid groups (broad SMARTS) is 1. The van der Waals surface area contributed by atoms with E-state index in [2.05, 4.69) is 20.8 Å². The molecule has 3 rings (SSSR count). The molecule has 3 nitrogen and oxygen atoms in total. The lowest BCUT2D eigenvalue weighted by atomic mass is 9.68. The number of carboxylic acids is 1. The van der Waals surface area contributed by atoms with Gasteiger partial charge in [-0.25, -0.2) is 0 Å². The molecule has 0 unspecified atom stereocenters. The zero-order valence-corrected chi connectivity index (χ0v) is 13.5. The number of nitrogens with zero attached hydrogens (tertiary/aromatic N) is 1. The van der Waals surface area contributed by atoms with Crippen molar-refractivity contribution in [1.82, 2.24) is 4.98 Å². The molecule has 0 spiro atoms. The summed E-state index contributed by atoms with van der Waals surface area (Å²) >= 11 is 0. The van der Waals surface area contributed by atoms with E-state index in [4.69, 9.17) is 4.98 Å². The number of para-hydroxylation sites is 1. The zero-order valence-electron chi connectivity index (χ0n) is 13.5. The van der Waals surface area contributed by atoms with Crippen LogP contribution < -0.4 is 5.11 Å². The fraction of sp³-hybridized carbons (Fsp3) is 0.474. The van der Waals surface area contributed by atoms with Gasteiger partial charge in [-0.05, 0) is 42.2 Å². The molecule has 0 radical (unpaired) electrons. The lowest BCUT2D eigenvalue weighted by Crippen LogP contribution is -2.32. The van der Waals surface area contributed by atoms with Gasteiger partial charge in [0.25, 0.3) is 0 Å². The molecule has 1 aromatic carbocycles. The maximum atomic E-state index is 11.8. The van der Waals surface area contributed by atoms with Crippen LogP contribution in [0.2, 0.25) is 0 Å². The largest absolute Gasteiger partial charge is 0.545 e. The number of aryl methyl sites for hydroxylation is 1. The number of aromatic nitrogens is 1. The van der Waals surface area contributed by atoms with E-state index in [0.29, 0.717) is 16.9 Å². The minimum absolute atomic E-state index is 0.215. The van der Waals surface area contributed by atoms with Crippen LogP contribution in [0, 0.1) is 11.3 Å². The summed E-state index contributed by atoms with van der Waals surface area (Å²) < 4.78 is 0. The van der Waals surface area contributed by atoms with Crippen molar-refractivity contribution in [2.75, 3.05) is 0 Å². The molecular weight excluding hydrogens is 274 g/mol. The maximum absolute atomic E-state index is 11.8. The number of carbonyl (C=O) groups excluding carboxylic acids is 1. The van der Waals surface area contributed by atoms with Gasteiger partial charge in [0.15, 0.2) is 0 Å². The number of hydrogen-bond acceptors (Lipinski definition) is 3. The fourth-order valence-electron chi connectivity index (χ4n) is 3.58. The Labute approximate surface area is 131 Å². The second-order valence-electron chi connectivity index (χ2n) is 7.00. The van der Waals surface area contributed by atoms with E-state index in [9.17, 15) is 9.90 Å². The minimum Gasteiger partial charge on any atom is -0.545 e. The Hall–Kier alpha value is -1.90. The molecule has 1 aromatic heterocycles. The van der Waals surface area contributed by atoms with Crippen molar-refractivity contribution in [1.29, 1.82) is 0 Å². The van der Waals surface area contributed by atoms with Crippen molar-refractivity contribution >= 4 is 16.9 Å². The highest BCUT2D eigenvalue weighted by atomic mass is 16.4. The molecule has 0 saturated carbocycles. The second kappa shape index (κ2) is 5.38. The molecule has 0 aliphatic heterocycles. The van der Waals surface area contributed by atoms with Crippen LogP contribution in [-0.2, 0) is 12.8 Å². The SMILES string of the molecule is CCC(C)(C)[C@H]1CCc2nc3ccccc3c(C(=O)[O-])c2C1. The van der Waals surface area contributed by atoms with Crippen LogP contribution in [0.4, 0.5) is 0 Å². The summed E-state index contributed by atoms with van der Waals surface area (Å²) in [7, 11) is 0. The summed E-state index contributed by atoms with van der Waals surface area (Å²) in [4.78, 5) is 16.5. The lowest BCUT2D eigenvalue weighted by Gasteiger charge is -2.37. The van der Waals surface area contributed by atoms with Crippen LogP contribution >= 0.6 is 0 Å². The third-order valence-electron chi connectivity index (χ3n) is 5.48. The molecule has 1 aliphatic rings. The first-order valence-electron chi connectivity index (χ1n) is 8.06. The number of aromatic carboxylic acids is 1. The molecule has 0 fully saturated rings. The molecule has 3 heteroatoms. The molecule has 22 heavy (non-hydrogen) atoms. The monoisotopic (exact) mass is 296 g/mol. The maximum Gasteiger partial charge on any atom is 0.0725 e. The Bertz CT molecular complexity index is 734. The van der Waals surface area contributed by atoms with Gasteiger partial charge in [0, 0.05) is 16.6 Å². The van der Waals surface area contributed by atoms with Gasteiger partial charge < -0.3 is 9.90 Å². The average molecular weight is 296 g/mol. The van der Waals surface area contributed by atoms with E-state index in [-0.39, 0.29) is 5.41 Å². The third-order valence-corrected chi connectivity index (χ3v) is 5.48. The molecular formula is C19H22NO2-. The van der Waals surface area contributed by atoms with Gasteiger partial charge in [0.05, 0.1) is 11.5 Å². The normalized spacial score (nSPS) is 18.2. The summed E-state index contributed by atoms with van der Waals surface area (Å²) in [5.74, 6) is -0.587. The molecule has 1 atom stereocenters. The van der Waals surface area contributed by atoms with Crippen molar-refractivity contribution in [3.63, 3.8) is 0 Å². The fourth-order valence-corrected chi connectivity index (χ4v) is 3.58. The number of carbonyl (C=O) groups is 1. The van der Waals surface area contributed by atoms with Crippen LogP contribution in [-0.4, -0.2) is 11.0 Å². The Morgan fingerprint density at radius 1 is 1.36 bits per heavy atom. The molecule has 0 amide bonds. The molecule has 2 aromatic rings. The van der Waals surface area contributed by atoms with Gasteiger partial charge in [-0.15, -0.1) is 0 Å². The highest BCUT2D eigenvalue weighted by Gasteiger charge is 2.33. The summed E-state index contributed by atoms with van der Waals surface area (Å²) in [6, 6.07) is 7.47. The average Bonchev–Trinajstić information content (AvgIpc) is 2.51. The Morgan fingerprint density at radius 3 is 2.77 bits per heavy atom. The standard InChI is InChI=1S/C19H23NO2/c1-4-19(2,3)12-9-10-16-14(11-12)17(18(21)22)13-7-5-6-8-15(13)20-16/h5-8,12H,4,9-11H2,1-3H3,(H,21,22)/p-1/t12-/m0/s1. The van der Waals surface area contributed by atoms with E-state index in [1.807, 2.05) is 24.3 Å². The van der Waals surface area contributed by atoms with E-state index >= 15 is 0 Å². The van der Waals surface area contributed by atoms with E-state index in [1.54, 1.807) is 0 Å². The van der Waals surface area contributed by atoms with Crippen molar-refractivity contribution in [3.8, 4) is 0 Å². The Kier molecular flexibility index (Phi) is 3.67. The topological polar surface area (TPSA) is 53.0 Å². The molecule has 0 saturated heterocycles.